The van der Waals surface area contributed by atoms with Crippen LogP contribution in [0.3, 0.4) is 0 Å². The number of aliphatic imine (C=N–C) groups is 1. The van der Waals surface area contributed by atoms with Crippen LogP contribution in [0, 0.1) is 5.92 Å². The van der Waals surface area contributed by atoms with Gasteiger partial charge in [-0.05, 0) is 11.3 Å². The van der Waals surface area contributed by atoms with Crippen LogP contribution < -0.4 is 5.32 Å². The Bertz CT molecular complexity index is 301. The standard InChI is InChI=1S/C9H12N2OS2/c1-6-2-3-13-7(6)4-10-9-11-8(12)5-14-9/h2-3,6-7H,4-5H2,1H3,(H,10,11,12). The summed E-state index contributed by atoms with van der Waals surface area (Å²) in [5.41, 5.74) is 0. The normalized spacial score (nSPS) is 34.1. The molecule has 2 heterocycles. The van der Waals surface area contributed by atoms with Crippen molar-refractivity contribution in [3.63, 3.8) is 0 Å². The molecule has 2 rings (SSSR count). The molecule has 2 unspecified atom stereocenters. The predicted octanol–water partition coefficient (Wildman–Crippen LogP) is 1.47. The van der Waals surface area contributed by atoms with E-state index in [1.165, 1.54) is 11.8 Å². The molecule has 0 bridgehead atoms. The Hall–Kier alpha value is -0.420. The van der Waals surface area contributed by atoms with Gasteiger partial charge in [0.2, 0.25) is 5.91 Å². The lowest BCUT2D eigenvalue weighted by molar-refractivity contribution is -0.116. The Morgan fingerprint density at radius 3 is 3.14 bits per heavy atom. The third kappa shape index (κ3) is 2.33. The van der Waals surface area contributed by atoms with Gasteiger partial charge in [-0.15, -0.1) is 11.8 Å². The van der Waals surface area contributed by atoms with Gasteiger partial charge in [-0.25, -0.2) is 0 Å². The minimum atomic E-state index is 0.0685. The summed E-state index contributed by atoms with van der Waals surface area (Å²) >= 11 is 3.32. The van der Waals surface area contributed by atoms with Crippen LogP contribution in [0.5, 0.6) is 0 Å². The van der Waals surface area contributed by atoms with Gasteiger partial charge in [0.05, 0.1) is 12.3 Å². The molecule has 0 aromatic heterocycles. The highest BCUT2D eigenvalue weighted by Gasteiger charge is 2.21. The van der Waals surface area contributed by atoms with Crippen molar-refractivity contribution in [2.24, 2.45) is 10.9 Å². The van der Waals surface area contributed by atoms with E-state index < -0.39 is 0 Å². The predicted molar refractivity (Wildman–Crippen MR) is 62.6 cm³/mol. The second-order valence-electron chi connectivity index (χ2n) is 3.34. The molecule has 1 amide bonds. The van der Waals surface area contributed by atoms with Gasteiger partial charge >= 0.3 is 0 Å². The van der Waals surface area contributed by atoms with Gasteiger partial charge in [-0.3, -0.25) is 9.79 Å². The number of hydrogen-bond donors (Lipinski definition) is 1. The van der Waals surface area contributed by atoms with Crippen LogP contribution in [0.1, 0.15) is 6.92 Å². The first-order chi connectivity index (χ1) is 6.75. The van der Waals surface area contributed by atoms with Gasteiger partial charge in [0, 0.05) is 5.25 Å². The van der Waals surface area contributed by atoms with Crippen molar-refractivity contribution in [2.45, 2.75) is 12.2 Å². The quantitative estimate of drug-likeness (QED) is 0.778. The van der Waals surface area contributed by atoms with Gasteiger partial charge < -0.3 is 5.32 Å². The molecular weight excluding hydrogens is 216 g/mol. The summed E-state index contributed by atoms with van der Waals surface area (Å²) < 4.78 is 0. The second kappa shape index (κ2) is 4.40. The molecule has 14 heavy (non-hydrogen) atoms. The van der Waals surface area contributed by atoms with E-state index >= 15 is 0 Å². The zero-order valence-corrected chi connectivity index (χ0v) is 9.53. The summed E-state index contributed by atoms with van der Waals surface area (Å²) in [6.45, 7) is 2.99. The van der Waals surface area contributed by atoms with Crippen LogP contribution in [0.4, 0.5) is 0 Å². The second-order valence-corrected chi connectivity index (χ2v) is 5.46. The Morgan fingerprint density at radius 1 is 1.71 bits per heavy atom. The highest BCUT2D eigenvalue weighted by molar-refractivity contribution is 8.15. The molecule has 0 spiro atoms. The fourth-order valence-corrected chi connectivity index (χ4v) is 3.04. The molecule has 0 radical (unpaired) electrons. The summed E-state index contributed by atoms with van der Waals surface area (Å²) in [5, 5.41) is 6.20. The molecule has 0 aliphatic carbocycles. The molecule has 1 fully saturated rings. The van der Waals surface area contributed by atoms with E-state index in [2.05, 4.69) is 28.7 Å². The summed E-state index contributed by atoms with van der Waals surface area (Å²) in [6, 6.07) is 0. The third-order valence-electron chi connectivity index (χ3n) is 2.22. The molecule has 2 atom stereocenters. The number of carbonyl (C=O) groups is 1. The molecular formula is C9H12N2OS2. The molecule has 3 nitrogen and oxygen atoms in total. The number of thioether (sulfide) groups is 2. The van der Waals surface area contributed by atoms with Crippen molar-refractivity contribution in [1.29, 1.82) is 0 Å². The van der Waals surface area contributed by atoms with Crippen molar-refractivity contribution < 1.29 is 4.79 Å². The van der Waals surface area contributed by atoms with Crippen molar-refractivity contribution in [3.8, 4) is 0 Å². The van der Waals surface area contributed by atoms with Gasteiger partial charge in [0.25, 0.3) is 0 Å². The average molecular weight is 228 g/mol. The Labute approximate surface area is 91.8 Å². The van der Waals surface area contributed by atoms with Crippen molar-refractivity contribution in [3.05, 3.63) is 11.5 Å². The van der Waals surface area contributed by atoms with Gasteiger partial charge in [0.15, 0.2) is 5.17 Å². The van der Waals surface area contributed by atoms with Crippen LogP contribution in [-0.4, -0.2) is 28.6 Å². The number of amides is 1. The molecule has 5 heteroatoms. The lowest BCUT2D eigenvalue weighted by atomic mass is 10.1. The lowest BCUT2D eigenvalue weighted by Gasteiger charge is -2.10. The smallest absolute Gasteiger partial charge is 0.236 e. The molecule has 1 saturated heterocycles. The van der Waals surface area contributed by atoms with Crippen LogP contribution in [0.2, 0.25) is 0 Å². The number of nitrogens with one attached hydrogen (secondary N) is 1. The lowest BCUT2D eigenvalue weighted by Crippen LogP contribution is -2.22. The topological polar surface area (TPSA) is 41.5 Å². The first kappa shape index (κ1) is 10.1. The molecule has 2 aliphatic heterocycles. The fourth-order valence-electron chi connectivity index (χ4n) is 1.31. The molecule has 76 valence electrons. The number of nitrogens with zero attached hydrogens (tertiary/aromatic N) is 1. The first-order valence-corrected chi connectivity index (χ1v) is 6.48. The van der Waals surface area contributed by atoms with E-state index in [4.69, 9.17) is 0 Å². The summed E-state index contributed by atoms with van der Waals surface area (Å²) in [5.74, 6) is 1.18. The molecule has 0 saturated carbocycles. The average Bonchev–Trinajstić information content (AvgIpc) is 2.72. The summed E-state index contributed by atoms with van der Waals surface area (Å²) in [4.78, 5) is 15.3. The minimum absolute atomic E-state index is 0.0685. The highest BCUT2D eigenvalue weighted by atomic mass is 32.2. The maximum Gasteiger partial charge on any atom is 0.236 e. The Balaban J connectivity index is 1.84. The number of rotatable bonds is 2. The Morgan fingerprint density at radius 2 is 2.57 bits per heavy atom. The molecule has 1 N–H and O–H groups in total. The summed E-state index contributed by atoms with van der Waals surface area (Å²) in [6.07, 6.45) is 2.20. The monoisotopic (exact) mass is 228 g/mol. The van der Waals surface area contributed by atoms with Crippen molar-refractivity contribution >= 4 is 34.6 Å². The zero-order chi connectivity index (χ0) is 9.97. The zero-order valence-electron chi connectivity index (χ0n) is 7.90. The van der Waals surface area contributed by atoms with E-state index in [1.807, 2.05) is 11.8 Å². The van der Waals surface area contributed by atoms with E-state index in [9.17, 15) is 4.79 Å². The van der Waals surface area contributed by atoms with E-state index in [0.29, 0.717) is 16.9 Å². The van der Waals surface area contributed by atoms with E-state index in [0.717, 1.165) is 11.7 Å². The van der Waals surface area contributed by atoms with Crippen LogP contribution in [0.15, 0.2) is 16.5 Å². The maximum atomic E-state index is 10.9. The maximum absolute atomic E-state index is 10.9. The van der Waals surface area contributed by atoms with Crippen LogP contribution in [0.25, 0.3) is 0 Å². The number of hydrogen-bond acceptors (Lipinski definition) is 4. The van der Waals surface area contributed by atoms with E-state index in [-0.39, 0.29) is 5.91 Å². The molecule has 0 aromatic carbocycles. The highest BCUT2D eigenvalue weighted by Crippen LogP contribution is 2.29. The van der Waals surface area contributed by atoms with Gasteiger partial charge in [-0.1, -0.05) is 24.8 Å². The third-order valence-corrected chi connectivity index (χ3v) is 4.38. The van der Waals surface area contributed by atoms with E-state index in [1.54, 1.807) is 0 Å². The first-order valence-electron chi connectivity index (χ1n) is 4.55. The van der Waals surface area contributed by atoms with Crippen LogP contribution in [-0.2, 0) is 4.79 Å². The number of carbonyl (C=O) groups excluding carboxylic acids is 1. The largest absolute Gasteiger partial charge is 0.305 e. The molecule has 2 aliphatic rings. The number of allylic oxidation sites excluding steroid dienone is 1. The van der Waals surface area contributed by atoms with Crippen LogP contribution >= 0.6 is 23.5 Å². The molecule has 0 aromatic rings. The van der Waals surface area contributed by atoms with Crippen molar-refractivity contribution in [2.75, 3.05) is 12.3 Å². The minimum Gasteiger partial charge on any atom is -0.305 e. The van der Waals surface area contributed by atoms with Crippen molar-refractivity contribution in [1.82, 2.24) is 5.32 Å². The Kier molecular flexibility index (Phi) is 3.18. The van der Waals surface area contributed by atoms with Gasteiger partial charge in [-0.2, -0.15) is 0 Å². The fraction of sp³-hybridized carbons (Fsp3) is 0.556. The van der Waals surface area contributed by atoms with Gasteiger partial charge in [0.1, 0.15) is 0 Å². The number of amidine groups is 1. The SMILES string of the molecule is CC1C=CSC1CN=C1NC(=O)CS1. The summed E-state index contributed by atoms with van der Waals surface area (Å²) in [7, 11) is 0.